The third-order valence-corrected chi connectivity index (χ3v) is 7.13. The van der Waals surface area contributed by atoms with E-state index in [0.29, 0.717) is 11.3 Å². The molecular formula is C28H31N3O8S. The number of nitrogens with zero attached hydrogens (tertiary/aromatic N) is 2. The highest BCUT2D eigenvalue weighted by Crippen LogP contribution is 2.41. The molecule has 0 radical (unpaired) electrons. The van der Waals surface area contributed by atoms with Crippen molar-refractivity contribution in [3.8, 4) is 34.5 Å². The molecule has 0 saturated heterocycles. The quantitative estimate of drug-likeness (QED) is 0.237. The predicted molar refractivity (Wildman–Crippen MR) is 147 cm³/mol. The molecule has 0 bridgehead atoms. The number of methoxy groups -OCH3 is 1. The number of benzene rings is 2. The van der Waals surface area contributed by atoms with Crippen LogP contribution in [0, 0.1) is 0 Å². The van der Waals surface area contributed by atoms with E-state index < -0.39 is 22.7 Å². The average molecular weight is 570 g/mol. The highest BCUT2D eigenvalue weighted by Gasteiger charge is 2.26. The lowest BCUT2D eigenvalue weighted by molar-refractivity contribution is 0.0513. The highest BCUT2D eigenvalue weighted by molar-refractivity contribution is 7.92. The van der Waals surface area contributed by atoms with Crippen molar-refractivity contribution in [2.75, 3.05) is 25.0 Å². The lowest BCUT2D eigenvalue weighted by Gasteiger charge is -2.20. The number of furan rings is 1. The molecule has 0 unspecified atom stereocenters. The van der Waals surface area contributed by atoms with Gasteiger partial charge < -0.3 is 28.8 Å². The monoisotopic (exact) mass is 569 g/mol. The minimum atomic E-state index is -4.16. The smallest absolute Gasteiger partial charge is 0.263 e. The Kier molecular flexibility index (Phi) is 8.62. The molecule has 1 atom stereocenters. The largest absolute Gasteiger partial charge is 0.493 e. The van der Waals surface area contributed by atoms with Crippen LogP contribution < -0.4 is 18.9 Å². The van der Waals surface area contributed by atoms with Crippen LogP contribution in [0.1, 0.15) is 26.3 Å². The number of hydrogen-bond acceptors (Lipinski definition) is 10. The molecule has 4 rings (SSSR count). The first-order valence-electron chi connectivity index (χ1n) is 12.3. The van der Waals surface area contributed by atoms with Crippen molar-refractivity contribution in [1.82, 2.24) is 9.97 Å². The van der Waals surface area contributed by atoms with Crippen LogP contribution in [0.15, 0.2) is 76.4 Å². The van der Waals surface area contributed by atoms with Crippen LogP contribution >= 0.6 is 0 Å². The molecule has 4 aromatic rings. The van der Waals surface area contributed by atoms with E-state index in [4.69, 9.17) is 18.6 Å². The molecule has 0 amide bonds. The zero-order chi connectivity index (χ0) is 28.9. The molecule has 2 aromatic heterocycles. The number of aliphatic hydroxyl groups excluding tert-OH is 2. The molecule has 2 aromatic carbocycles. The van der Waals surface area contributed by atoms with E-state index in [9.17, 15) is 18.6 Å². The van der Waals surface area contributed by atoms with Crippen molar-refractivity contribution in [1.29, 1.82) is 0 Å². The Hall–Kier alpha value is -4.13. The van der Waals surface area contributed by atoms with Gasteiger partial charge in [0.1, 0.15) is 19.0 Å². The van der Waals surface area contributed by atoms with Gasteiger partial charge in [0.15, 0.2) is 23.1 Å². The molecule has 0 fully saturated rings. The van der Waals surface area contributed by atoms with Gasteiger partial charge in [-0.05, 0) is 41.3 Å². The van der Waals surface area contributed by atoms with Gasteiger partial charge in [-0.1, -0.05) is 45.0 Å². The fourth-order valence-electron chi connectivity index (χ4n) is 3.57. The molecule has 0 aliphatic rings. The van der Waals surface area contributed by atoms with Crippen molar-refractivity contribution in [2.45, 2.75) is 37.2 Å². The minimum absolute atomic E-state index is 0.00499. The van der Waals surface area contributed by atoms with Crippen LogP contribution in [0.4, 0.5) is 5.82 Å². The molecular weight excluding hydrogens is 538 g/mol. The first kappa shape index (κ1) is 28.9. The zero-order valence-electron chi connectivity index (χ0n) is 22.5. The van der Waals surface area contributed by atoms with Crippen LogP contribution in [-0.4, -0.2) is 55.0 Å². The summed E-state index contributed by atoms with van der Waals surface area (Å²) >= 11 is 0. The maximum Gasteiger partial charge on any atom is 0.263 e. The summed E-state index contributed by atoms with van der Waals surface area (Å²) in [6.07, 6.45) is 1.56. The number of anilines is 1. The normalized spacial score (nSPS) is 12.6. The van der Waals surface area contributed by atoms with Crippen LogP contribution in [0.2, 0.25) is 0 Å². The molecule has 0 spiro atoms. The van der Waals surface area contributed by atoms with Crippen molar-refractivity contribution < 1.29 is 37.3 Å². The average Bonchev–Trinajstić information content (AvgIpc) is 3.48. The second-order valence-electron chi connectivity index (χ2n) is 9.82. The lowest BCUT2D eigenvalue weighted by Crippen LogP contribution is -2.22. The molecule has 11 nitrogen and oxygen atoms in total. The Balaban J connectivity index is 1.84. The van der Waals surface area contributed by atoms with Crippen LogP contribution in [0.5, 0.6) is 23.1 Å². The Labute approximate surface area is 232 Å². The van der Waals surface area contributed by atoms with E-state index in [0.717, 1.165) is 5.56 Å². The van der Waals surface area contributed by atoms with E-state index in [1.165, 1.54) is 31.8 Å². The van der Waals surface area contributed by atoms with Gasteiger partial charge >= 0.3 is 0 Å². The zero-order valence-corrected chi connectivity index (χ0v) is 23.3. The van der Waals surface area contributed by atoms with Crippen LogP contribution in [-0.2, 0) is 15.4 Å². The van der Waals surface area contributed by atoms with Gasteiger partial charge in [-0.3, -0.25) is 4.72 Å². The fourth-order valence-corrected chi connectivity index (χ4v) is 4.58. The van der Waals surface area contributed by atoms with E-state index in [1.54, 1.807) is 42.5 Å². The second-order valence-corrected chi connectivity index (χ2v) is 11.5. The number of sulfonamides is 1. The minimum Gasteiger partial charge on any atom is -0.493 e. The first-order valence-corrected chi connectivity index (χ1v) is 13.8. The van der Waals surface area contributed by atoms with Crippen LogP contribution in [0.25, 0.3) is 11.4 Å². The van der Waals surface area contributed by atoms with Crippen LogP contribution in [0.3, 0.4) is 0 Å². The van der Waals surface area contributed by atoms with E-state index in [2.05, 4.69) is 14.7 Å². The summed E-state index contributed by atoms with van der Waals surface area (Å²) in [6, 6.07) is 14.8. The maximum atomic E-state index is 13.5. The van der Waals surface area contributed by atoms with Gasteiger partial charge in [0.05, 0.1) is 30.4 Å². The summed E-state index contributed by atoms with van der Waals surface area (Å²) in [4.78, 5) is 8.82. The second kappa shape index (κ2) is 11.9. The molecule has 40 heavy (non-hydrogen) atoms. The lowest BCUT2D eigenvalue weighted by atomic mass is 9.87. The van der Waals surface area contributed by atoms with E-state index >= 15 is 0 Å². The van der Waals surface area contributed by atoms with Crippen molar-refractivity contribution in [3.63, 3.8) is 0 Å². The predicted octanol–water partition coefficient (Wildman–Crippen LogP) is 4.37. The van der Waals surface area contributed by atoms with Gasteiger partial charge in [-0.2, -0.15) is 4.98 Å². The Morgan fingerprint density at radius 1 is 1.02 bits per heavy atom. The molecule has 212 valence electrons. The Morgan fingerprint density at radius 3 is 2.33 bits per heavy atom. The summed E-state index contributed by atoms with van der Waals surface area (Å²) in [7, 11) is -2.71. The van der Waals surface area contributed by atoms with Gasteiger partial charge in [0.25, 0.3) is 15.9 Å². The third-order valence-electron chi connectivity index (χ3n) is 5.78. The number of nitrogens with one attached hydrogen (secondary N) is 1. The summed E-state index contributed by atoms with van der Waals surface area (Å²) < 4.78 is 51.8. The molecule has 0 saturated carbocycles. The van der Waals surface area contributed by atoms with Crippen molar-refractivity contribution in [3.05, 3.63) is 72.7 Å². The maximum absolute atomic E-state index is 13.5. The highest BCUT2D eigenvalue weighted by atomic mass is 32.2. The fraction of sp³-hybridized carbons (Fsp3) is 0.286. The summed E-state index contributed by atoms with van der Waals surface area (Å²) in [5.41, 5.74) is 1.24. The molecule has 0 aliphatic heterocycles. The molecule has 3 N–H and O–H groups in total. The standard InChI is InChI=1S/C28H31N3O8S/c1-28(2,3)19-9-11-21(12-10-19)40(34,35)31-26-24(39-23-8-6-5-7-22(23)36-4)27(38-17-20(33)15-32)30-25(29-26)18-13-14-37-16-18/h5-14,16,20,32-33H,15,17H2,1-4H3,(H,29,30,31)/t20-/m0/s1. The molecule has 12 heteroatoms. The first-order chi connectivity index (χ1) is 19.0. The number of aliphatic hydroxyl groups is 2. The number of para-hydroxylation sites is 2. The summed E-state index contributed by atoms with van der Waals surface area (Å²) in [5, 5.41) is 19.2. The van der Waals surface area contributed by atoms with E-state index in [-0.39, 0.29) is 45.9 Å². The number of aromatic nitrogens is 2. The number of hydrogen-bond donors (Lipinski definition) is 3. The third kappa shape index (κ3) is 6.71. The number of rotatable bonds is 11. The van der Waals surface area contributed by atoms with Crippen molar-refractivity contribution in [2.24, 2.45) is 0 Å². The van der Waals surface area contributed by atoms with Gasteiger partial charge in [0.2, 0.25) is 5.75 Å². The Morgan fingerprint density at radius 2 is 1.73 bits per heavy atom. The molecule has 0 aliphatic carbocycles. The Bertz CT molecular complexity index is 1530. The topological polar surface area (TPSA) is 153 Å². The van der Waals surface area contributed by atoms with Gasteiger partial charge in [-0.25, -0.2) is 13.4 Å². The summed E-state index contributed by atoms with van der Waals surface area (Å²) in [6.45, 7) is 5.17. The summed E-state index contributed by atoms with van der Waals surface area (Å²) in [5.74, 6) is 0.0459. The molecule has 2 heterocycles. The van der Waals surface area contributed by atoms with Gasteiger partial charge in [-0.15, -0.1) is 0 Å². The SMILES string of the molecule is COc1ccccc1Oc1c(NS(=O)(=O)c2ccc(C(C)(C)C)cc2)nc(-c2ccoc2)nc1OC[C@@H](O)CO. The number of ether oxygens (including phenoxy) is 3. The van der Waals surface area contributed by atoms with E-state index in [1.807, 2.05) is 20.8 Å². The van der Waals surface area contributed by atoms with Crippen molar-refractivity contribution >= 4 is 15.8 Å². The van der Waals surface area contributed by atoms with Gasteiger partial charge in [0, 0.05) is 0 Å².